The van der Waals surface area contributed by atoms with Gasteiger partial charge in [0.15, 0.2) is 0 Å². The first kappa shape index (κ1) is 11.1. The van der Waals surface area contributed by atoms with E-state index in [1.165, 1.54) is 5.56 Å². The molecule has 0 aromatic heterocycles. The van der Waals surface area contributed by atoms with Gasteiger partial charge in [0.2, 0.25) is 0 Å². The second-order valence-corrected chi connectivity index (χ2v) is 5.41. The van der Waals surface area contributed by atoms with Gasteiger partial charge < -0.3 is 5.73 Å². The molecular weight excluding hydrogens is 257 g/mol. The smallest absolute Gasteiger partial charge is 0.137 e. The van der Waals surface area contributed by atoms with Gasteiger partial charge in [0.05, 0.1) is 4.47 Å². The summed E-state index contributed by atoms with van der Waals surface area (Å²) in [5, 5.41) is 0. The fourth-order valence-electron chi connectivity index (χ4n) is 1.75. The molecule has 3 heteroatoms. The Morgan fingerprint density at radius 2 is 2.13 bits per heavy atom. The Morgan fingerprint density at radius 3 is 2.73 bits per heavy atom. The normalized spacial score (nSPS) is 17.9. The van der Waals surface area contributed by atoms with Crippen LogP contribution in [0.25, 0.3) is 0 Å². The quantitative estimate of drug-likeness (QED) is 0.897. The molecule has 1 aliphatic rings. The SMILES string of the molecule is Cc1cc(F)c(Br)cc1CCC1(N)CC1. The minimum absolute atomic E-state index is 0.0767. The van der Waals surface area contributed by atoms with Gasteiger partial charge in [-0.3, -0.25) is 0 Å². The molecule has 1 aromatic carbocycles. The molecule has 0 radical (unpaired) electrons. The van der Waals surface area contributed by atoms with Crippen molar-refractivity contribution < 1.29 is 4.39 Å². The third kappa shape index (κ3) is 2.58. The number of halogens is 2. The van der Waals surface area contributed by atoms with Crippen LogP contribution in [-0.4, -0.2) is 5.54 Å². The van der Waals surface area contributed by atoms with Gasteiger partial charge in [-0.25, -0.2) is 4.39 Å². The second-order valence-electron chi connectivity index (χ2n) is 4.56. The van der Waals surface area contributed by atoms with Crippen molar-refractivity contribution in [2.24, 2.45) is 5.73 Å². The molecule has 0 heterocycles. The predicted octanol–water partition coefficient (Wildman–Crippen LogP) is 3.32. The van der Waals surface area contributed by atoms with Crippen LogP contribution in [-0.2, 0) is 6.42 Å². The van der Waals surface area contributed by atoms with E-state index in [1.54, 1.807) is 6.07 Å². The molecule has 0 bridgehead atoms. The van der Waals surface area contributed by atoms with Gasteiger partial charge in [-0.2, -0.15) is 0 Å². The van der Waals surface area contributed by atoms with Crippen molar-refractivity contribution in [1.29, 1.82) is 0 Å². The van der Waals surface area contributed by atoms with Crippen LogP contribution in [0.4, 0.5) is 4.39 Å². The molecule has 0 spiro atoms. The van der Waals surface area contributed by atoms with Crippen molar-refractivity contribution in [3.8, 4) is 0 Å². The molecule has 0 aliphatic heterocycles. The summed E-state index contributed by atoms with van der Waals surface area (Å²) in [6.07, 6.45) is 4.22. The highest BCUT2D eigenvalue weighted by molar-refractivity contribution is 9.10. The lowest BCUT2D eigenvalue weighted by molar-refractivity contribution is 0.601. The summed E-state index contributed by atoms with van der Waals surface area (Å²) >= 11 is 3.21. The van der Waals surface area contributed by atoms with Gasteiger partial charge in [0.1, 0.15) is 5.82 Å². The molecule has 0 amide bonds. The Bertz CT molecular complexity index is 385. The predicted molar refractivity (Wildman–Crippen MR) is 63.3 cm³/mol. The zero-order chi connectivity index (χ0) is 11.1. The minimum atomic E-state index is -0.190. The summed E-state index contributed by atoms with van der Waals surface area (Å²) < 4.78 is 13.7. The van der Waals surface area contributed by atoms with Crippen LogP contribution >= 0.6 is 15.9 Å². The average molecular weight is 272 g/mol. The van der Waals surface area contributed by atoms with E-state index in [2.05, 4.69) is 15.9 Å². The maximum absolute atomic E-state index is 13.2. The molecule has 0 unspecified atom stereocenters. The maximum atomic E-state index is 13.2. The molecule has 1 aliphatic carbocycles. The molecule has 0 saturated heterocycles. The van der Waals surface area contributed by atoms with E-state index in [-0.39, 0.29) is 11.4 Å². The van der Waals surface area contributed by atoms with Crippen molar-refractivity contribution in [3.63, 3.8) is 0 Å². The van der Waals surface area contributed by atoms with E-state index in [4.69, 9.17) is 5.73 Å². The number of aryl methyl sites for hydroxylation is 2. The van der Waals surface area contributed by atoms with E-state index < -0.39 is 0 Å². The Kier molecular flexibility index (Phi) is 2.86. The number of benzene rings is 1. The summed E-state index contributed by atoms with van der Waals surface area (Å²) in [7, 11) is 0. The third-order valence-electron chi connectivity index (χ3n) is 3.16. The van der Waals surface area contributed by atoms with Crippen LogP contribution in [0, 0.1) is 12.7 Å². The molecule has 15 heavy (non-hydrogen) atoms. The maximum Gasteiger partial charge on any atom is 0.137 e. The molecule has 1 fully saturated rings. The Balaban J connectivity index is 2.10. The highest BCUT2D eigenvalue weighted by Gasteiger charge is 2.37. The van der Waals surface area contributed by atoms with E-state index in [9.17, 15) is 4.39 Å². The van der Waals surface area contributed by atoms with Crippen molar-refractivity contribution in [2.45, 2.75) is 38.1 Å². The van der Waals surface area contributed by atoms with Gasteiger partial charge in [0, 0.05) is 5.54 Å². The second kappa shape index (κ2) is 3.87. The van der Waals surface area contributed by atoms with Gasteiger partial charge in [-0.05, 0) is 71.8 Å². The van der Waals surface area contributed by atoms with E-state index in [1.807, 2.05) is 13.0 Å². The van der Waals surface area contributed by atoms with Gasteiger partial charge >= 0.3 is 0 Å². The summed E-state index contributed by atoms with van der Waals surface area (Å²) in [6.45, 7) is 1.95. The molecule has 1 nitrogen and oxygen atoms in total. The number of hydrogen-bond donors (Lipinski definition) is 1. The molecule has 1 saturated carbocycles. The molecule has 2 rings (SSSR count). The highest BCUT2D eigenvalue weighted by Crippen LogP contribution is 2.37. The van der Waals surface area contributed by atoms with Crippen molar-refractivity contribution in [1.82, 2.24) is 0 Å². The fraction of sp³-hybridized carbons (Fsp3) is 0.500. The zero-order valence-corrected chi connectivity index (χ0v) is 10.4. The van der Waals surface area contributed by atoms with Crippen molar-refractivity contribution in [2.75, 3.05) is 0 Å². The lowest BCUT2D eigenvalue weighted by atomic mass is 10.0. The minimum Gasteiger partial charge on any atom is -0.325 e. The largest absolute Gasteiger partial charge is 0.325 e. The summed E-state index contributed by atoms with van der Waals surface area (Å²) in [4.78, 5) is 0. The standard InChI is InChI=1S/C12H15BrFN/c1-8-6-11(14)10(13)7-9(8)2-3-12(15)4-5-12/h6-7H,2-5,15H2,1H3. The average Bonchev–Trinajstić information content (AvgIpc) is 2.89. The van der Waals surface area contributed by atoms with Crippen LogP contribution < -0.4 is 5.73 Å². The molecule has 2 N–H and O–H groups in total. The molecule has 82 valence electrons. The first-order valence-electron chi connectivity index (χ1n) is 5.24. The lowest BCUT2D eigenvalue weighted by Gasteiger charge is -2.11. The first-order chi connectivity index (χ1) is 7.00. The molecular formula is C12H15BrFN. The summed E-state index contributed by atoms with van der Waals surface area (Å²) in [5.74, 6) is -0.190. The Hall–Kier alpha value is -0.410. The van der Waals surface area contributed by atoms with Gasteiger partial charge in [-0.1, -0.05) is 0 Å². The van der Waals surface area contributed by atoms with Crippen LogP contribution in [0.3, 0.4) is 0 Å². The van der Waals surface area contributed by atoms with Crippen LogP contribution in [0.2, 0.25) is 0 Å². The summed E-state index contributed by atoms with van der Waals surface area (Å²) in [5.41, 5.74) is 8.31. The number of nitrogens with two attached hydrogens (primary N) is 1. The Labute approximate surface area is 98.0 Å². The first-order valence-corrected chi connectivity index (χ1v) is 6.03. The molecule has 0 atom stereocenters. The van der Waals surface area contributed by atoms with E-state index in [0.29, 0.717) is 4.47 Å². The zero-order valence-electron chi connectivity index (χ0n) is 8.82. The van der Waals surface area contributed by atoms with Crippen LogP contribution in [0.5, 0.6) is 0 Å². The molecule has 1 aromatic rings. The summed E-state index contributed by atoms with van der Waals surface area (Å²) in [6, 6.07) is 3.45. The Morgan fingerprint density at radius 1 is 1.47 bits per heavy atom. The third-order valence-corrected chi connectivity index (χ3v) is 3.77. The van der Waals surface area contributed by atoms with Gasteiger partial charge in [0.25, 0.3) is 0 Å². The topological polar surface area (TPSA) is 26.0 Å². The van der Waals surface area contributed by atoms with Crippen molar-refractivity contribution in [3.05, 3.63) is 33.5 Å². The van der Waals surface area contributed by atoms with Crippen LogP contribution in [0.15, 0.2) is 16.6 Å². The fourth-order valence-corrected chi connectivity index (χ4v) is 2.14. The number of hydrogen-bond acceptors (Lipinski definition) is 1. The highest BCUT2D eigenvalue weighted by atomic mass is 79.9. The van der Waals surface area contributed by atoms with E-state index in [0.717, 1.165) is 31.2 Å². The lowest BCUT2D eigenvalue weighted by Crippen LogP contribution is -2.22. The number of rotatable bonds is 3. The van der Waals surface area contributed by atoms with E-state index >= 15 is 0 Å². The monoisotopic (exact) mass is 271 g/mol. The van der Waals surface area contributed by atoms with Crippen molar-refractivity contribution >= 4 is 15.9 Å². The van der Waals surface area contributed by atoms with Gasteiger partial charge in [-0.15, -0.1) is 0 Å². The van der Waals surface area contributed by atoms with Crippen LogP contribution in [0.1, 0.15) is 30.4 Å².